The number of rotatable bonds is 4. The quantitative estimate of drug-likeness (QED) is 0.649. The molecule has 0 radical (unpaired) electrons. The first-order valence-electron chi connectivity index (χ1n) is 8.33. The average Bonchev–Trinajstić information content (AvgIpc) is 2.98. The minimum atomic E-state index is -0.376. The lowest BCUT2D eigenvalue weighted by Crippen LogP contribution is -2.17. The van der Waals surface area contributed by atoms with Gasteiger partial charge in [-0.1, -0.05) is 23.3 Å². The summed E-state index contributed by atoms with van der Waals surface area (Å²) in [6, 6.07) is 9.17. The number of aromatic nitrogens is 1. The molecule has 0 atom stereocenters. The summed E-state index contributed by atoms with van der Waals surface area (Å²) in [5.74, 6) is 3.35. The van der Waals surface area contributed by atoms with E-state index in [2.05, 4.69) is 23.0 Å². The monoisotopic (exact) mass is 380 g/mol. The Morgan fingerprint density at radius 2 is 1.81 bits per heavy atom. The van der Waals surface area contributed by atoms with Crippen LogP contribution in [0.2, 0.25) is 0 Å². The Morgan fingerprint density at radius 3 is 2.41 bits per heavy atom. The molecule has 3 rings (SSSR count). The Kier molecular flexibility index (Phi) is 5.33. The molecule has 2 aromatic carbocycles. The molecule has 0 fully saturated rings. The van der Waals surface area contributed by atoms with E-state index in [4.69, 9.17) is 15.9 Å². The van der Waals surface area contributed by atoms with Gasteiger partial charge in [0.1, 0.15) is 11.5 Å². The SMILES string of the molecule is C#CCn1c(=NC(=O)c2cc(OC)cc(OC)c2)sc2cc(C)cc(C)c21. The number of fused-ring (bicyclic) bond motifs is 1. The second kappa shape index (κ2) is 7.68. The fourth-order valence-electron chi connectivity index (χ4n) is 3.00. The lowest BCUT2D eigenvalue weighted by atomic mass is 10.1. The van der Waals surface area contributed by atoms with E-state index in [0.717, 1.165) is 21.3 Å². The van der Waals surface area contributed by atoms with Crippen molar-refractivity contribution in [2.45, 2.75) is 20.4 Å². The zero-order valence-electron chi connectivity index (χ0n) is 15.7. The van der Waals surface area contributed by atoms with E-state index in [1.54, 1.807) is 18.2 Å². The Balaban J connectivity index is 2.18. The van der Waals surface area contributed by atoms with Crippen molar-refractivity contribution in [2.75, 3.05) is 14.2 Å². The van der Waals surface area contributed by atoms with E-state index in [0.29, 0.717) is 28.4 Å². The van der Waals surface area contributed by atoms with Crippen LogP contribution in [0.3, 0.4) is 0 Å². The summed E-state index contributed by atoms with van der Waals surface area (Å²) in [7, 11) is 3.08. The van der Waals surface area contributed by atoms with Crippen molar-refractivity contribution >= 4 is 27.5 Å². The highest BCUT2D eigenvalue weighted by Gasteiger charge is 2.13. The molecule has 0 spiro atoms. The van der Waals surface area contributed by atoms with Gasteiger partial charge in [0.15, 0.2) is 4.80 Å². The molecule has 1 aromatic heterocycles. The van der Waals surface area contributed by atoms with Crippen LogP contribution in [0.1, 0.15) is 21.5 Å². The van der Waals surface area contributed by atoms with Crippen molar-refractivity contribution < 1.29 is 14.3 Å². The summed E-state index contributed by atoms with van der Waals surface area (Å²) in [5, 5.41) is 0. The highest BCUT2D eigenvalue weighted by Crippen LogP contribution is 2.25. The molecule has 0 aliphatic rings. The Morgan fingerprint density at radius 1 is 1.15 bits per heavy atom. The van der Waals surface area contributed by atoms with Crippen LogP contribution >= 0.6 is 11.3 Å². The van der Waals surface area contributed by atoms with E-state index >= 15 is 0 Å². The number of nitrogens with zero attached hydrogens (tertiary/aromatic N) is 2. The van der Waals surface area contributed by atoms with Crippen LogP contribution in [-0.4, -0.2) is 24.7 Å². The van der Waals surface area contributed by atoms with Gasteiger partial charge in [0.05, 0.1) is 31.0 Å². The van der Waals surface area contributed by atoms with Gasteiger partial charge in [0.2, 0.25) is 0 Å². The summed E-state index contributed by atoms with van der Waals surface area (Å²) < 4.78 is 13.4. The first kappa shape index (κ1) is 18.7. The average molecular weight is 380 g/mol. The van der Waals surface area contributed by atoms with Gasteiger partial charge in [-0.15, -0.1) is 6.42 Å². The molecule has 0 aliphatic carbocycles. The fraction of sp³-hybridized carbons (Fsp3) is 0.238. The lowest BCUT2D eigenvalue weighted by Gasteiger charge is -2.06. The summed E-state index contributed by atoms with van der Waals surface area (Å²) in [6.07, 6.45) is 5.55. The maximum Gasteiger partial charge on any atom is 0.279 e. The molecule has 0 saturated carbocycles. The number of hydrogen-bond donors (Lipinski definition) is 0. The van der Waals surface area contributed by atoms with E-state index in [1.165, 1.54) is 25.6 Å². The largest absolute Gasteiger partial charge is 0.497 e. The van der Waals surface area contributed by atoms with Crippen LogP contribution in [0.15, 0.2) is 35.3 Å². The third kappa shape index (κ3) is 3.74. The molecule has 5 nitrogen and oxygen atoms in total. The Labute approximate surface area is 161 Å². The molecule has 0 N–H and O–H groups in total. The number of aryl methyl sites for hydroxylation is 2. The van der Waals surface area contributed by atoms with Crippen LogP contribution in [0.4, 0.5) is 0 Å². The molecule has 138 valence electrons. The number of methoxy groups -OCH3 is 2. The molecular weight excluding hydrogens is 360 g/mol. The predicted molar refractivity (Wildman–Crippen MR) is 108 cm³/mol. The van der Waals surface area contributed by atoms with Gasteiger partial charge in [-0.2, -0.15) is 4.99 Å². The second-order valence-electron chi connectivity index (χ2n) is 6.12. The van der Waals surface area contributed by atoms with Gasteiger partial charge in [-0.25, -0.2) is 0 Å². The van der Waals surface area contributed by atoms with Crippen molar-refractivity contribution in [2.24, 2.45) is 4.99 Å². The molecule has 1 amide bonds. The first-order valence-corrected chi connectivity index (χ1v) is 9.14. The number of amides is 1. The second-order valence-corrected chi connectivity index (χ2v) is 7.13. The fourth-order valence-corrected chi connectivity index (χ4v) is 4.20. The molecule has 0 aliphatic heterocycles. The topological polar surface area (TPSA) is 52.8 Å². The number of carbonyl (C=O) groups excluding carboxylic acids is 1. The van der Waals surface area contributed by atoms with Crippen molar-refractivity contribution in [1.29, 1.82) is 0 Å². The van der Waals surface area contributed by atoms with Crippen LogP contribution in [-0.2, 0) is 6.54 Å². The standard InChI is InChI=1S/C21H20N2O3S/c1-6-7-23-19-14(3)8-13(2)9-18(19)27-21(23)22-20(24)15-10-16(25-4)12-17(11-15)26-5/h1,8-12H,7H2,2-5H3. The lowest BCUT2D eigenvalue weighted by molar-refractivity contribution is 0.0997. The molecule has 3 aromatic rings. The van der Waals surface area contributed by atoms with Crippen molar-refractivity contribution in [1.82, 2.24) is 4.57 Å². The molecule has 0 unspecified atom stereocenters. The van der Waals surface area contributed by atoms with Crippen molar-refractivity contribution in [3.63, 3.8) is 0 Å². The summed E-state index contributed by atoms with van der Waals surface area (Å²) in [5.41, 5.74) is 3.67. The zero-order chi connectivity index (χ0) is 19.6. The smallest absolute Gasteiger partial charge is 0.279 e. The number of carbonyl (C=O) groups is 1. The summed E-state index contributed by atoms with van der Waals surface area (Å²) >= 11 is 1.45. The van der Waals surface area contributed by atoms with Crippen molar-refractivity contribution in [3.8, 4) is 23.8 Å². The highest BCUT2D eigenvalue weighted by atomic mass is 32.1. The summed E-state index contributed by atoms with van der Waals surface area (Å²) in [4.78, 5) is 17.7. The maximum absolute atomic E-state index is 12.8. The Hall–Kier alpha value is -3.04. The minimum Gasteiger partial charge on any atom is -0.497 e. The molecule has 0 saturated heterocycles. The molecular formula is C21H20N2O3S. The van der Waals surface area contributed by atoms with E-state index < -0.39 is 0 Å². The Bertz CT molecular complexity index is 1110. The molecule has 27 heavy (non-hydrogen) atoms. The minimum absolute atomic E-state index is 0.345. The van der Waals surface area contributed by atoms with Gasteiger partial charge in [0, 0.05) is 11.6 Å². The zero-order valence-corrected chi connectivity index (χ0v) is 16.5. The van der Waals surface area contributed by atoms with E-state index in [-0.39, 0.29) is 5.91 Å². The van der Waals surface area contributed by atoms with Gasteiger partial charge in [-0.05, 0) is 43.2 Å². The predicted octanol–water partition coefficient (Wildman–Crippen LogP) is 3.71. The first-order chi connectivity index (χ1) is 13.0. The number of terminal acetylenes is 1. The van der Waals surface area contributed by atoms with Gasteiger partial charge in [0.25, 0.3) is 5.91 Å². The third-order valence-electron chi connectivity index (χ3n) is 4.16. The maximum atomic E-state index is 12.8. The van der Waals surface area contributed by atoms with Gasteiger partial charge in [-0.3, -0.25) is 4.79 Å². The van der Waals surface area contributed by atoms with Crippen LogP contribution in [0.5, 0.6) is 11.5 Å². The van der Waals surface area contributed by atoms with Gasteiger partial charge >= 0.3 is 0 Å². The molecule has 6 heteroatoms. The van der Waals surface area contributed by atoms with Crippen molar-refractivity contribution in [3.05, 3.63) is 51.8 Å². The number of hydrogen-bond acceptors (Lipinski definition) is 4. The highest BCUT2D eigenvalue weighted by molar-refractivity contribution is 7.16. The van der Waals surface area contributed by atoms with Crippen LogP contribution in [0.25, 0.3) is 10.2 Å². The molecule has 0 bridgehead atoms. The number of benzene rings is 2. The number of thiazole rings is 1. The van der Waals surface area contributed by atoms with Gasteiger partial charge < -0.3 is 14.0 Å². The summed E-state index contributed by atoms with van der Waals surface area (Å²) in [6.45, 7) is 4.42. The third-order valence-corrected chi connectivity index (χ3v) is 5.18. The normalized spacial score (nSPS) is 11.4. The number of ether oxygens (including phenoxy) is 2. The van der Waals surface area contributed by atoms with E-state index in [9.17, 15) is 4.79 Å². The molecule has 1 heterocycles. The van der Waals surface area contributed by atoms with E-state index in [1.807, 2.05) is 18.4 Å². The van der Waals surface area contributed by atoms with Crippen LogP contribution < -0.4 is 14.3 Å². The van der Waals surface area contributed by atoms with Crippen LogP contribution in [0, 0.1) is 26.2 Å².